The van der Waals surface area contributed by atoms with Crippen LogP contribution in [0.1, 0.15) is 31.7 Å². The van der Waals surface area contributed by atoms with E-state index < -0.39 is 11.9 Å². The Labute approximate surface area is 130 Å². The number of fused-ring (bicyclic) bond motifs is 1. The van der Waals surface area contributed by atoms with Gasteiger partial charge in [0, 0.05) is 22.6 Å². The van der Waals surface area contributed by atoms with E-state index in [-0.39, 0.29) is 5.54 Å². The molecule has 0 saturated carbocycles. The molecule has 114 valence electrons. The summed E-state index contributed by atoms with van der Waals surface area (Å²) in [4.78, 5) is 11.6. The van der Waals surface area contributed by atoms with Crippen molar-refractivity contribution in [2.45, 2.75) is 31.7 Å². The third-order valence-electron chi connectivity index (χ3n) is 3.98. The molecule has 0 fully saturated rings. The maximum absolute atomic E-state index is 11.6. The Kier molecular flexibility index (Phi) is 3.53. The fourth-order valence-corrected chi connectivity index (χ4v) is 2.99. The number of hydrogen-bond acceptors (Lipinski definition) is 3. The number of carboxylic acids is 1. The number of para-hydroxylation sites is 1. The zero-order valence-corrected chi connectivity index (χ0v) is 12.8. The van der Waals surface area contributed by atoms with Gasteiger partial charge in [-0.25, -0.2) is 0 Å². The highest BCUT2D eigenvalue weighted by Gasteiger charge is 2.35. The van der Waals surface area contributed by atoms with Gasteiger partial charge in [0.25, 0.3) is 0 Å². The third-order valence-corrected chi connectivity index (χ3v) is 3.98. The van der Waals surface area contributed by atoms with Crippen LogP contribution in [0.25, 0.3) is 0 Å². The maximum Gasteiger partial charge on any atom is 0.311 e. The van der Waals surface area contributed by atoms with Gasteiger partial charge in [-0.3, -0.25) is 4.79 Å². The second-order valence-corrected chi connectivity index (χ2v) is 6.40. The first kappa shape index (κ1) is 14.4. The van der Waals surface area contributed by atoms with Crippen LogP contribution in [0.15, 0.2) is 48.5 Å². The largest absolute Gasteiger partial charge is 0.481 e. The first-order chi connectivity index (χ1) is 10.4. The van der Waals surface area contributed by atoms with Crippen molar-refractivity contribution in [3.05, 3.63) is 54.1 Å². The van der Waals surface area contributed by atoms with Crippen LogP contribution in [-0.2, 0) is 4.79 Å². The van der Waals surface area contributed by atoms with Crippen LogP contribution in [0, 0.1) is 0 Å². The van der Waals surface area contributed by atoms with Crippen LogP contribution >= 0.6 is 0 Å². The topological polar surface area (TPSA) is 61.4 Å². The summed E-state index contributed by atoms with van der Waals surface area (Å²) in [6.07, 6.45) is 0.574. The molecular formula is C18H20N2O2. The maximum atomic E-state index is 11.6. The third kappa shape index (κ3) is 2.91. The van der Waals surface area contributed by atoms with E-state index in [2.05, 4.69) is 10.6 Å². The number of aliphatic carboxylic acids is 1. The van der Waals surface area contributed by atoms with Gasteiger partial charge in [0.2, 0.25) is 0 Å². The average molecular weight is 296 g/mol. The number of nitrogens with one attached hydrogen (secondary N) is 2. The Balaban J connectivity index is 1.95. The summed E-state index contributed by atoms with van der Waals surface area (Å²) >= 11 is 0. The van der Waals surface area contributed by atoms with Gasteiger partial charge in [-0.05, 0) is 56.2 Å². The van der Waals surface area contributed by atoms with Crippen molar-refractivity contribution in [3.63, 3.8) is 0 Å². The Morgan fingerprint density at radius 1 is 1.18 bits per heavy atom. The Morgan fingerprint density at radius 3 is 2.59 bits per heavy atom. The van der Waals surface area contributed by atoms with Crippen LogP contribution in [0.5, 0.6) is 0 Å². The van der Waals surface area contributed by atoms with Crippen LogP contribution < -0.4 is 10.6 Å². The summed E-state index contributed by atoms with van der Waals surface area (Å²) < 4.78 is 0. The van der Waals surface area contributed by atoms with Gasteiger partial charge >= 0.3 is 5.97 Å². The van der Waals surface area contributed by atoms with Gasteiger partial charge in [-0.1, -0.05) is 18.2 Å². The lowest BCUT2D eigenvalue weighted by Crippen LogP contribution is -2.39. The molecule has 1 aliphatic rings. The second-order valence-electron chi connectivity index (χ2n) is 6.40. The molecule has 0 aromatic heterocycles. The fourth-order valence-electron chi connectivity index (χ4n) is 2.99. The summed E-state index contributed by atoms with van der Waals surface area (Å²) in [6, 6.07) is 15.7. The lowest BCUT2D eigenvalue weighted by molar-refractivity contribution is -0.139. The molecule has 1 heterocycles. The van der Waals surface area contributed by atoms with E-state index in [4.69, 9.17) is 0 Å². The Morgan fingerprint density at radius 2 is 1.91 bits per heavy atom. The molecule has 1 atom stereocenters. The monoisotopic (exact) mass is 296 g/mol. The van der Waals surface area contributed by atoms with Crippen molar-refractivity contribution in [1.82, 2.24) is 0 Å². The van der Waals surface area contributed by atoms with Crippen molar-refractivity contribution >= 4 is 23.0 Å². The van der Waals surface area contributed by atoms with Crippen LogP contribution in [0.2, 0.25) is 0 Å². The van der Waals surface area contributed by atoms with Crippen LogP contribution in [0.3, 0.4) is 0 Å². The zero-order valence-electron chi connectivity index (χ0n) is 12.8. The number of anilines is 3. The summed E-state index contributed by atoms with van der Waals surface area (Å²) in [5.74, 6) is -1.25. The molecule has 0 spiro atoms. The Bertz CT molecular complexity index is 695. The lowest BCUT2D eigenvalue weighted by atomic mass is 9.81. The van der Waals surface area contributed by atoms with Crippen molar-refractivity contribution in [2.75, 3.05) is 10.6 Å². The predicted molar refractivity (Wildman–Crippen MR) is 88.9 cm³/mol. The molecule has 0 aliphatic carbocycles. The number of hydrogen-bond donors (Lipinski definition) is 3. The number of benzene rings is 2. The summed E-state index contributed by atoms with van der Waals surface area (Å²) in [7, 11) is 0. The quantitative estimate of drug-likeness (QED) is 0.794. The fraction of sp³-hybridized carbons (Fsp3) is 0.278. The molecule has 0 radical (unpaired) electrons. The van der Waals surface area contributed by atoms with E-state index in [1.54, 1.807) is 0 Å². The first-order valence-electron chi connectivity index (χ1n) is 7.42. The molecule has 1 unspecified atom stereocenters. The van der Waals surface area contributed by atoms with E-state index in [0.29, 0.717) is 6.42 Å². The summed E-state index contributed by atoms with van der Waals surface area (Å²) in [5.41, 5.74) is 3.41. The minimum absolute atomic E-state index is 0.218. The number of rotatable bonds is 3. The van der Waals surface area contributed by atoms with Gasteiger partial charge in [0.15, 0.2) is 0 Å². The molecule has 0 saturated heterocycles. The predicted octanol–water partition coefficient (Wildman–Crippen LogP) is 4.19. The van der Waals surface area contributed by atoms with E-state index in [1.807, 2.05) is 62.4 Å². The van der Waals surface area contributed by atoms with Gasteiger partial charge in [-0.2, -0.15) is 0 Å². The molecule has 3 rings (SSSR count). The SMILES string of the molecule is CC1(C)CC(C(=O)O)c2cc(Nc3ccccc3)ccc2N1. The van der Waals surface area contributed by atoms with Crippen LogP contribution in [0.4, 0.5) is 17.1 Å². The normalized spacial score (nSPS) is 18.9. The molecule has 0 bridgehead atoms. The first-order valence-corrected chi connectivity index (χ1v) is 7.42. The lowest BCUT2D eigenvalue weighted by Gasteiger charge is -2.37. The van der Waals surface area contributed by atoms with Gasteiger partial charge < -0.3 is 15.7 Å². The second kappa shape index (κ2) is 5.37. The summed E-state index contributed by atoms with van der Waals surface area (Å²) in [6.45, 7) is 4.06. The molecule has 0 amide bonds. The van der Waals surface area contributed by atoms with Crippen LogP contribution in [-0.4, -0.2) is 16.6 Å². The molecule has 3 N–H and O–H groups in total. The van der Waals surface area contributed by atoms with Crippen molar-refractivity contribution in [2.24, 2.45) is 0 Å². The molecule has 22 heavy (non-hydrogen) atoms. The minimum Gasteiger partial charge on any atom is -0.481 e. The molecule has 2 aromatic rings. The highest BCUT2D eigenvalue weighted by molar-refractivity contribution is 5.82. The number of carboxylic acid groups (broad SMARTS) is 1. The van der Waals surface area contributed by atoms with Gasteiger partial charge in [0.05, 0.1) is 5.92 Å². The number of carbonyl (C=O) groups is 1. The Hall–Kier alpha value is -2.49. The van der Waals surface area contributed by atoms with Gasteiger partial charge in [0.1, 0.15) is 0 Å². The highest BCUT2D eigenvalue weighted by atomic mass is 16.4. The highest BCUT2D eigenvalue weighted by Crippen LogP contribution is 2.40. The van der Waals surface area contributed by atoms with Crippen molar-refractivity contribution in [3.8, 4) is 0 Å². The van der Waals surface area contributed by atoms with Gasteiger partial charge in [-0.15, -0.1) is 0 Å². The van der Waals surface area contributed by atoms with E-state index in [9.17, 15) is 9.90 Å². The smallest absolute Gasteiger partial charge is 0.311 e. The molecule has 1 aliphatic heterocycles. The minimum atomic E-state index is -0.771. The molecular weight excluding hydrogens is 276 g/mol. The molecule has 2 aromatic carbocycles. The molecule has 4 heteroatoms. The van der Waals surface area contributed by atoms with E-state index >= 15 is 0 Å². The zero-order chi connectivity index (χ0) is 15.7. The molecule has 4 nitrogen and oxygen atoms in total. The van der Waals surface area contributed by atoms with E-state index in [0.717, 1.165) is 22.6 Å². The average Bonchev–Trinajstić information content (AvgIpc) is 2.47. The standard InChI is InChI=1S/C18H20N2O2/c1-18(2)11-15(17(21)22)14-10-13(8-9-16(14)20-18)19-12-6-4-3-5-7-12/h3-10,15,19-20H,11H2,1-2H3,(H,21,22). The van der Waals surface area contributed by atoms with E-state index in [1.165, 1.54) is 0 Å². The van der Waals surface area contributed by atoms with Crippen molar-refractivity contribution in [1.29, 1.82) is 0 Å². The summed E-state index contributed by atoms with van der Waals surface area (Å²) in [5, 5.41) is 16.3. The van der Waals surface area contributed by atoms with Crippen molar-refractivity contribution < 1.29 is 9.90 Å².